The first kappa shape index (κ1) is 32.3. The average Bonchev–Trinajstić information content (AvgIpc) is 3.78. The van der Waals surface area contributed by atoms with Crippen molar-refractivity contribution < 1.29 is 29.2 Å². The maximum absolute atomic E-state index is 11.6. The lowest BCUT2D eigenvalue weighted by Gasteiger charge is -2.22. The Hall–Kier alpha value is -4.60. The largest absolute Gasteiger partial charge is 0.496 e. The zero-order chi connectivity index (χ0) is 33.1. The quantitative estimate of drug-likeness (QED) is 0.158. The second-order valence-electron chi connectivity index (χ2n) is 12.1. The Morgan fingerprint density at radius 2 is 1.81 bits per heavy atom. The van der Waals surface area contributed by atoms with Gasteiger partial charge >= 0.3 is 5.97 Å². The van der Waals surface area contributed by atoms with Crippen molar-refractivity contribution in [2.75, 3.05) is 33.9 Å². The molecule has 2 atom stereocenters. The standard InChI is InChI=1S/C37H38ClN3O6/c1-37(21-42,36(43)44)17-16-22-11-15-32(41-35(22)46-3)47-30-14-13-26-25(7-5-8-27(26)30)28-9-4-6-24(33(28)38)23-10-12-29(31(20-23)45-2)34-39-18-19-40-34/h4-12,15,20,30,42H,13-14,16-19,21H2,1-3H3,(H,39,40)(H,43,44)/t30-,37-/m0/s1. The number of hydrogen-bond donors (Lipinski definition) is 3. The summed E-state index contributed by atoms with van der Waals surface area (Å²) in [5.74, 6) is 1.34. The number of aromatic nitrogens is 1. The fourth-order valence-electron chi connectivity index (χ4n) is 6.28. The van der Waals surface area contributed by atoms with E-state index in [0.29, 0.717) is 23.2 Å². The van der Waals surface area contributed by atoms with Gasteiger partial charge in [0, 0.05) is 29.3 Å². The Morgan fingerprint density at radius 1 is 1.02 bits per heavy atom. The van der Waals surface area contributed by atoms with E-state index in [9.17, 15) is 15.0 Å². The van der Waals surface area contributed by atoms with Crippen molar-refractivity contribution in [3.05, 3.63) is 94.0 Å². The number of aliphatic hydroxyl groups is 1. The van der Waals surface area contributed by atoms with E-state index in [2.05, 4.69) is 39.6 Å². The van der Waals surface area contributed by atoms with Crippen molar-refractivity contribution in [3.63, 3.8) is 0 Å². The van der Waals surface area contributed by atoms with Crippen LogP contribution in [0, 0.1) is 5.41 Å². The number of methoxy groups -OCH3 is 2. The molecule has 2 aliphatic rings. The van der Waals surface area contributed by atoms with Gasteiger partial charge in [0.25, 0.3) is 0 Å². The van der Waals surface area contributed by atoms with Crippen LogP contribution < -0.4 is 19.5 Å². The molecule has 0 amide bonds. The van der Waals surface area contributed by atoms with E-state index in [1.807, 2.05) is 36.4 Å². The van der Waals surface area contributed by atoms with Gasteiger partial charge < -0.3 is 29.7 Å². The number of nitrogens with one attached hydrogen (secondary N) is 1. The molecule has 0 fully saturated rings. The molecule has 2 heterocycles. The number of rotatable bonds is 12. The molecule has 244 valence electrons. The summed E-state index contributed by atoms with van der Waals surface area (Å²) in [6.07, 6.45) is 2.02. The average molecular weight is 656 g/mol. The molecule has 1 aliphatic heterocycles. The summed E-state index contributed by atoms with van der Waals surface area (Å²) in [6.45, 7) is 2.65. The van der Waals surface area contributed by atoms with Gasteiger partial charge in [0.2, 0.25) is 11.8 Å². The van der Waals surface area contributed by atoms with Gasteiger partial charge in [-0.2, -0.15) is 4.98 Å². The number of carboxylic acids is 1. The normalized spacial score (nSPS) is 16.5. The molecule has 1 aromatic heterocycles. The lowest BCUT2D eigenvalue weighted by atomic mass is 9.85. The van der Waals surface area contributed by atoms with Crippen LogP contribution in [0.15, 0.2) is 71.7 Å². The molecule has 6 rings (SSSR count). The number of hydrogen-bond acceptors (Lipinski definition) is 8. The number of fused-ring (bicyclic) bond motifs is 1. The van der Waals surface area contributed by atoms with Crippen LogP contribution in [0.1, 0.15) is 48.1 Å². The van der Waals surface area contributed by atoms with Gasteiger partial charge in [-0.05, 0) is 73.1 Å². The first-order valence-electron chi connectivity index (χ1n) is 15.7. The third-order valence-corrected chi connectivity index (χ3v) is 9.53. The summed E-state index contributed by atoms with van der Waals surface area (Å²) in [7, 11) is 3.19. The zero-order valence-electron chi connectivity index (χ0n) is 26.7. The van der Waals surface area contributed by atoms with Gasteiger partial charge in [0.05, 0.1) is 43.4 Å². The number of aryl methyl sites for hydroxylation is 1. The van der Waals surface area contributed by atoms with Crippen molar-refractivity contribution in [3.8, 4) is 39.8 Å². The Bertz CT molecular complexity index is 1840. The number of aliphatic hydroxyl groups excluding tert-OH is 1. The number of halogens is 1. The lowest BCUT2D eigenvalue weighted by Crippen LogP contribution is -2.32. The molecule has 0 unspecified atom stereocenters. The van der Waals surface area contributed by atoms with Crippen molar-refractivity contribution in [2.45, 2.75) is 38.7 Å². The number of aliphatic imine (C=N–C) groups is 1. The van der Waals surface area contributed by atoms with Crippen LogP contribution in [-0.2, 0) is 17.6 Å². The SMILES string of the molecule is COc1cc(-c2cccc(-c3cccc4c3CC[C@@H]4Oc3ccc(CC[C@@](C)(CO)C(=O)O)c(OC)n3)c2Cl)ccc1C1=NCCN1. The maximum Gasteiger partial charge on any atom is 0.311 e. The predicted molar refractivity (Wildman–Crippen MR) is 182 cm³/mol. The third-order valence-electron chi connectivity index (χ3n) is 9.13. The number of amidine groups is 1. The summed E-state index contributed by atoms with van der Waals surface area (Å²) in [6, 6.07) is 22.0. The van der Waals surface area contributed by atoms with Gasteiger partial charge in [-0.3, -0.25) is 9.79 Å². The summed E-state index contributed by atoms with van der Waals surface area (Å²) < 4.78 is 17.7. The summed E-state index contributed by atoms with van der Waals surface area (Å²) in [4.78, 5) is 20.8. The highest BCUT2D eigenvalue weighted by molar-refractivity contribution is 6.36. The van der Waals surface area contributed by atoms with Crippen LogP contribution in [0.5, 0.6) is 17.5 Å². The summed E-state index contributed by atoms with van der Waals surface area (Å²) in [5, 5.41) is 23.1. The fourth-order valence-corrected chi connectivity index (χ4v) is 6.62. The lowest BCUT2D eigenvalue weighted by molar-refractivity contribution is -0.150. The van der Waals surface area contributed by atoms with Gasteiger partial charge in [0.1, 0.15) is 17.7 Å². The summed E-state index contributed by atoms with van der Waals surface area (Å²) in [5.41, 5.74) is 6.61. The van der Waals surface area contributed by atoms with Gasteiger partial charge in [-0.25, -0.2) is 0 Å². The third kappa shape index (κ3) is 6.38. The zero-order valence-corrected chi connectivity index (χ0v) is 27.4. The second kappa shape index (κ2) is 13.6. The first-order valence-corrected chi connectivity index (χ1v) is 16.1. The number of carbonyl (C=O) groups is 1. The summed E-state index contributed by atoms with van der Waals surface area (Å²) >= 11 is 7.16. The molecular weight excluding hydrogens is 618 g/mol. The van der Waals surface area contributed by atoms with Crippen LogP contribution in [0.3, 0.4) is 0 Å². The number of nitrogens with zero attached hydrogens (tertiary/aromatic N) is 2. The molecule has 0 spiro atoms. The fraction of sp³-hybridized carbons (Fsp3) is 0.324. The molecular formula is C37H38ClN3O6. The molecule has 9 nitrogen and oxygen atoms in total. The number of aliphatic carboxylic acids is 1. The van der Waals surface area contributed by atoms with Crippen LogP contribution in [0.2, 0.25) is 5.02 Å². The van der Waals surface area contributed by atoms with Gasteiger partial charge in [-0.1, -0.05) is 54.1 Å². The Labute approximate surface area is 279 Å². The van der Waals surface area contributed by atoms with Crippen LogP contribution in [0.25, 0.3) is 22.3 Å². The molecule has 3 N–H and O–H groups in total. The minimum absolute atomic E-state index is 0.205. The van der Waals surface area contributed by atoms with Gasteiger partial charge in [-0.15, -0.1) is 0 Å². The number of pyridine rings is 1. The van der Waals surface area contributed by atoms with Gasteiger partial charge in [0.15, 0.2) is 0 Å². The van der Waals surface area contributed by atoms with Crippen LogP contribution in [0.4, 0.5) is 0 Å². The van der Waals surface area contributed by atoms with E-state index >= 15 is 0 Å². The Balaban J connectivity index is 1.24. The molecule has 3 aromatic carbocycles. The molecule has 4 aromatic rings. The Morgan fingerprint density at radius 3 is 2.53 bits per heavy atom. The molecule has 0 saturated carbocycles. The number of carboxylic acid groups (broad SMARTS) is 1. The minimum Gasteiger partial charge on any atom is -0.496 e. The molecule has 47 heavy (non-hydrogen) atoms. The van der Waals surface area contributed by atoms with E-state index < -0.39 is 18.0 Å². The highest BCUT2D eigenvalue weighted by Gasteiger charge is 2.33. The highest BCUT2D eigenvalue weighted by atomic mass is 35.5. The smallest absolute Gasteiger partial charge is 0.311 e. The molecule has 0 radical (unpaired) electrons. The van der Waals surface area contributed by atoms with Crippen LogP contribution >= 0.6 is 11.6 Å². The Kier molecular flexibility index (Phi) is 9.38. The van der Waals surface area contributed by atoms with Crippen LogP contribution in [-0.4, -0.2) is 60.9 Å². The highest BCUT2D eigenvalue weighted by Crippen LogP contribution is 2.44. The number of benzene rings is 3. The monoisotopic (exact) mass is 655 g/mol. The molecule has 10 heteroatoms. The maximum atomic E-state index is 11.6. The molecule has 0 saturated heterocycles. The second-order valence-corrected chi connectivity index (χ2v) is 12.5. The molecule has 1 aliphatic carbocycles. The van der Waals surface area contributed by atoms with E-state index in [1.54, 1.807) is 13.2 Å². The van der Waals surface area contributed by atoms with Crippen molar-refractivity contribution >= 4 is 23.4 Å². The van der Waals surface area contributed by atoms with E-state index in [-0.39, 0.29) is 12.5 Å². The predicted octanol–water partition coefficient (Wildman–Crippen LogP) is 6.52. The minimum atomic E-state index is -1.24. The van der Waals surface area contributed by atoms with Crippen molar-refractivity contribution in [1.29, 1.82) is 0 Å². The number of ether oxygens (including phenoxy) is 3. The first-order chi connectivity index (χ1) is 22.8. The van der Waals surface area contributed by atoms with E-state index in [1.165, 1.54) is 19.6 Å². The molecule has 0 bridgehead atoms. The topological polar surface area (TPSA) is 122 Å². The van der Waals surface area contributed by atoms with E-state index in [4.69, 9.17) is 25.8 Å². The van der Waals surface area contributed by atoms with E-state index in [0.717, 1.165) is 76.5 Å². The van der Waals surface area contributed by atoms with Crippen molar-refractivity contribution in [1.82, 2.24) is 10.3 Å². The van der Waals surface area contributed by atoms with Crippen molar-refractivity contribution in [2.24, 2.45) is 10.4 Å².